The van der Waals surface area contributed by atoms with Crippen molar-refractivity contribution in [3.63, 3.8) is 0 Å². The van der Waals surface area contributed by atoms with Crippen molar-refractivity contribution < 1.29 is 18.7 Å². The normalized spacial score (nSPS) is 20.7. The van der Waals surface area contributed by atoms with Crippen molar-refractivity contribution in [3.05, 3.63) is 54.3 Å². The van der Waals surface area contributed by atoms with Crippen LogP contribution in [0.3, 0.4) is 0 Å². The molecule has 2 aliphatic rings. The number of halogens is 1. The first-order chi connectivity index (χ1) is 13.6. The Morgan fingerprint density at radius 2 is 1.64 bits per heavy atom. The predicted octanol–water partition coefficient (Wildman–Crippen LogP) is 2.29. The zero-order valence-electron chi connectivity index (χ0n) is 15.7. The van der Waals surface area contributed by atoms with E-state index in [9.17, 15) is 14.0 Å². The number of amides is 2. The van der Waals surface area contributed by atoms with Crippen LogP contribution in [0, 0.1) is 5.82 Å². The van der Waals surface area contributed by atoms with Crippen molar-refractivity contribution in [2.75, 3.05) is 43.1 Å². The smallest absolute Gasteiger partial charge is 0.251 e. The second-order valence-electron chi connectivity index (χ2n) is 6.96. The first-order valence-corrected chi connectivity index (χ1v) is 9.33. The number of methoxy groups -OCH3 is 1. The first-order valence-electron chi connectivity index (χ1n) is 9.33. The van der Waals surface area contributed by atoms with Gasteiger partial charge >= 0.3 is 0 Å². The Labute approximate surface area is 163 Å². The van der Waals surface area contributed by atoms with Gasteiger partial charge in [0.25, 0.3) is 5.91 Å². The largest absolute Gasteiger partial charge is 0.497 e. The van der Waals surface area contributed by atoms with Crippen molar-refractivity contribution in [3.8, 4) is 5.75 Å². The summed E-state index contributed by atoms with van der Waals surface area (Å²) in [6.45, 7) is 2.84. The van der Waals surface area contributed by atoms with Crippen molar-refractivity contribution in [1.82, 2.24) is 4.90 Å². The van der Waals surface area contributed by atoms with Gasteiger partial charge in [0, 0.05) is 31.9 Å². The molecule has 2 aliphatic heterocycles. The molecule has 0 radical (unpaired) electrons. The summed E-state index contributed by atoms with van der Waals surface area (Å²) in [4.78, 5) is 30.6. The number of carbonyl (C=O) groups is 2. The van der Waals surface area contributed by atoms with E-state index in [0.29, 0.717) is 13.1 Å². The van der Waals surface area contributed by atoms with E-state index in [1.807, 2.05) is 29.2 Å². The van der Waals surface area contributed by atoms with Crippen molar-refractivity contribution in [1.29, 1.82) is 0 Å². The Bertz CT molecular complexity index is 879. The molecule has 1 unspecified atom stereocenters. The van der Waals surface area contributed by atoms with Crippen LogP contribution in [-0.2, 0) is 9.59 Å². The number of carbonyl (C=O) groups excluding carboxylic acids is 2. The molecule has 4 rings (SSSR count). The molecule has 0 bridgehead atoms. The lowest BCUT2D eigenvalue weighted by Crippen LogP contribution is -2.52. The van der Waals surface area contributed by atoms with Crippen LogP contribution in [0.25, 0.3) is 0 Å². The average Bonchev–Trinajstić information content (AvgIpc) is 3.03. The quantitative estimate of drug-likeness (QED) is 0.759. The summed E-state index contributed by atoms with van der Waals surface area (Å²) in [5, 5.41) is 0. The van der Waals surface area contributed by atoms with Crippen molar-refractivity contribution in [2.24, 2.45) is 0 Å². The highest BCUT2D eigenvalue weighted by atomic mass is 19.1. The van der Waals surface area contributed by atoms with Gasteiger partial charge < -0.3 is 9.64 Å². The standard InChI is InChI=1S/C21H22FN3O3/c1-28-16-8-6-15(7-9-16)23-10-12-24(13-11-23)19-14-20(26)25(21(19)27)18-5-3-2-4-17(18)22/h2-9,19H,10-14H2,1H3. The molecule has 0 spiro atoms. The lowest BCUT2D eigenvalue weighted by molar-refractivity contribution is -0.123. The maximum atomic E-state index is 14.1. The van der Waals surface area contributed by atoms with E-state index in [-0.39, 0.29) is 23.9 Å². The van der Waals surface area contributed by atoms with Crippen molar-refractivity contribution in [2.45, 2.75) is 12.5 Å². The van der Waals surface area contributed by atoms with Gasteiger partial charge in [-0.05, 0) is 36.4 Å². The van der Waals surface area contributed by atoms with E-state index in [2.05, 4.69) is 4.90 Å². The summed E-state index contributed by atoms with van der Waals surface area (Å²) >= 11 is 0. The maximum Gasteiger partial charge on any atom is 0.251 e. The fourth-order valence-electron chi connectivity index (χ4n) is 3.87. The number of nitrogens with zero attached hydrogens (tertiary/aromatic N) is 3. The summed E-state index contributed by atoms with van der Waals surface area (Å²) in [6.07, 6.45) is 0.0930. The van der Waals surface area contributed by atoms with Gasteiger partial charge in [-0.2, -0.15) is 0 Å². The molecule has 2 aromatic carbocycles. The van der Waals surface area contributed by atoms with E-state index in [0.717, 1.165) is 29.4 Å². The number of piperazine rings is 1. The van der Waals surface area contributed by atoms with E-state index in [1.54, 1.807) is 19.2 Å². The van der Waals surface area contributed by atoms with Gasteiger partial charge in [0.15, 0.2) is 0 Å². The van der Waals surface area contributed by atoms with Gasteiger partial charge in [0.2, 0.25) is 5.91 Å². The molecule has 0 saturated carbocycles. The third kappa shape index (κ3) is 3.33. The monoisotopic (exact) mass is 383 g/mol. The molecule has 0 N–H and O–H groups in total. The number of rotatable bonds is 4. The van der Waals surface area contributed by atoms with Crippen LogP contribution in [0.2, 0.25) is 0 Å². The fraction of sp³-hybridized carbons (Fsp3) is 0.333. The Morgan fingerprint density at radius 3 is 2.29 bits per heavy atom. The molecule has 7 heteroatoms. The first kappa shape index (κ1) is 18.4. The highest BCUT2D eigenvalue weighted by Gasteiger charge is 2.44. The third-order valence-electron chi connectivity index (χ3n) is 5.41. The van der Waals surface area contributed by atoms with Crippen LogP contribution in [0.15, 0.2) is 48.5 Å². The summed E-state index contributed by atoms with van der Waals surface area (Å²) in [6, 6.07) is 13.2. The fourth-order valence-corrected chi connectivity index (χ4v) is 3.87. The Kier molecular flexibility index (Phi) is 5.00. The molecule has 2 saturated heterocycles. The van der Waals surface area contributed by atoms with Gasteiger partial charge in [-0.3, -0.25) is 14.5 Å². The number of ether oxygens (including phenoxy) is 1. The number of imide groups is 1. The molecule has 28 heavy (non-hydrogen) atoms. The molecule has 2 amide bonds. The number of anilines is 2. The molecule has 0 aromatic heterocycles. The summed E-state index contributed by atoms with van der Waals surface area (Å²) in [7, 11) is 1.64. The van der Waals surface area contributed by atoms with E-state index in [4.69, 9.17) is 4.74 Å². The lowest BCUT2D eigenvalue weighted by atomic mass is 10.1. The van der Waals surface area contributed by atoms with Crippen molar-refractivity contribution >= 4 is 23.2 Å². The van der Waals surface area contributed by atoms with Gasteiger partial charge in [-0.15, -0.1) is 0 Å². The molecule has 1 atom stereocenters. The molecule has 146 valence electrons. The summed E-state index contributed by atoms with van der Waals surface area (Å²) < 4.78 is 19.3. The molecule has 0 aliphatic carbocycles. The van der Waals surface area contributed by atoms with Crippen LogP contribution >= 0.6 is 0 Å². The van der Waals surface area contributed by atoms with Crippen LogP contribution in [0.5, 0.6) is 5.75 Å². The number of para-hydroxylation sites is 1. The number of benzene rings is 2. The third-order valence-corrected chi connectivity index (χ3v) is 5.41. The predicted molar refractivity (Wildman–Crippen MR) is 104 cm³/mol. The zero-order chi connectivity index (χ0) is 19.7. The molecular weight excluding hydrogens is 361 g/mol. The number of hydrogen-bond donors (Lipinski definition) is 0. The minimum Gasteiger partial charge on any atom is -0.497 e. The molecule has 2 heterocycles. The van der Waals surface area contributed by atoms with Gasteiger partial charge in [0.1, 0.15) is 11.6 Å². The number of hydrogen-bond acceptors (Lipinski definition) is 5. The topological polar surface area (TPSA) is 53.1 Å². The van der Waals surface area contributed by atoms with Crippen LogP contribution in [0.1, 0.15) is 6.42 Å². The Balaban J connectivity index is 1.43. The van der Waals surface area contributed by atoms with Gasteiger partial charge in [-0.1, -0.05) is 12.1 Å². The Hall–Kier alpha value is -2.93. The highest BCUT2D eigenvalue weighted by Crippen LogP contribution is 2.29. The molecule has 2 aromatic rings. The van der Waals surface area contributed by atoms with Gasteiger partial charge in [-0.25, -0.2) is 9.29 Å². The maximum absolute atomic E-state index is 14.1. The van der Waals surface area contributed by atoms with Crippen LogP contribution in [-0.4, -0.2) is 56.0 Å². The van der Waals surface area contributed by atoms with Crippen LogP contribution in [0.4, 0.5) is 15.8 Å². The average molecular weight is 383 g/mol. The second kappa shape index (κ2) is 7.59. The summed E-state index contributed by atoms with van der Waals surface area (Å²) in [5.41, 5.74) is 1.14. The molecular formula is C21H22FN3O3. The molecule has 6 nitrogen and oxygen atoms in total. The molecule has 2 fully saturated rings. The second-order valence-corrected chi connectivity index (χ2v) is 6.96. The Morgan fingerprint density at radius 1 is 0.964 bits per heavy atom. The van der Waals surface area contributed by atoms with Gasteiger partial charge in [0.05, 0.1) is 25.3 Å². The SMILES string of the molecule is COc1ccc(N2CCN(C3CC(=O)N(c4ccccc4F)C3=O)CC2)cc1. The van der Waals surface area contributed by atoms with Crippen LogP contribution < -0.4 is 14.5 Å². The zero-order valence-corrected chi connectivity index (χ0v) is 15.7. The summed E-state index contributed by atoms with van der Waals surface area (Å²) in [5.74, 6) is -0.439. The van der Waals surface area contributed by atoms with E-state index < -0.39 is 11.9 Å². The minimum absolute atomic E-state index is 0.0388. The highest BCUT2D eigenvalue weighted by molar-refractivity contribution is 6.22. The lowest BCUT2D eigenvalue weighted by Gasteiger charge is -2.38. The van der Waals surface area contributed by atoms with E-state index >= 15 is 0 Å². The minimum atomic E-state index is -0.561. The van der Waals surface area contributed by atoms with E-state index in [1.165, 1.54) is 12.1 Å².